The first-order valence-electron chi connectivity index (χ1n) is 9.37. The molecule has 0 unspecified atom stereocenters. The van der Waals surface area contributed by atoms with Crippen molar-refractivity contribution in [2.24, 2.45) is 0 Å². The predicted octanol–water partition coefficient (Wildman–Crippen LogP) is 4.95. The maximum Gasteiger partial charge on any atom is 0.318 e. The van der Waals surface area contributed by atoms with Gasteiger partial charge in [-0.15, -0.1) is 0 Å². The second-order valence-electron chi connectivity index (χ2n) is 6.80. The van der Waals surface area contributed by atoms with E-state index < -0.39 is 0 Å². The number of benzene rings is 3. The number of nitrogens with zero attached hydrogens (tertiary/aromatic N) is 1. The largest absolute Gasteiger partial charge is 0.338 e. The van der Waals surface area contributed by atoms with Gasteiger partial charge < -0.3 is 10.2 Å². The summed E-state index contributed by atoms with van der Waals surface area (Å²) in [5, 5.41) is 3.08. The van der Waals surface area contributed by atoms with Crippen LogP contribution in [-0.4, -0.2) is 17.5 Å². The molecule has 0 atom stereocenters. The van der Waals surface area contributed by atoms with E-state index in [-0.39, 0.29) is 6.03 Å². The van der Waals surface area contributed by atoms with Crippen LogP contribution >= 0.6 is 0 Å². The van der Waals surface area contributed by atoms with E-state index in [1.54, 1.807) is 0 Å². The molecule has 0 saturated carbocycles. The zero-order valence-corrected chi connectivity index (χ0v) is 15.8. The Labute approximate surface area is 161 Å². The molecule has 3 aromatic carbocycles. The zero-order chi connectivity index (χ0) is 18.9. The molecule has 2 amide bonds. The first-order valence-corrected chi connectivity index (χ1v) is 9.37. The Kier molecular flexibility index (Phi) is 6.64. The summed E-state index contributed by atoms with van der Waals surface area (Å²) in [6.07, 6.45) is 0.831. The fraction of sp³-hybridized carbons (Fsp3) is 0.208. The number of hydrogen-bond donors (Lipinski definition) is 1. The van der Waals surface area contributed by atoms with Gasteiger partial charge in [-0.25, -0.2) is 4.79 Å². The average molecular weight is 358 g/mol. The van der Waals surface area contributed by atoms with E-state index in [9.17, 15) is 4.79 Å². The lowest BCUT2D eigenvalue weighted by molar-refractivity contribution is 0.192. The zero-order valence-electron chi connectivity index (χ0n) is 15.8. The van der Waals surface area contributed by atoms with Crippen LogP contribution in [0.3, 0.4) is 0 Å². The minimum absolute atomic E-state index is 0.0321. The van der Waals surface area contributed by atoms with Crippen molar-refractivity contribution in [2.45, 2.75) is 26.4 Å². The molecule has 0 radical (unpaired) electrons. The summed E-state index contributed by atoms with van der Waals surface area (Å²) in [5.74, 6) is 0. The molecule has 0 heterocycles. The molecule has 0 fully saturated rings. The van der Waals surface area contributed by atoms with E-state index in [1.807, 2.05) is 41.3 Å². The molecule has 3 heteroatoms. The van der Waals surface area contributed by atoms with Crippen LogP contribution in [0.15, 0.2) is 84.9 Å². The highest BCUT2D eigenvalue weighted by molar-refractivity contribution is 5.74. The second-order valence-corrected chi connectivity index (χ2v) is 6.80. The molecule has 0 saturated heterocycles. The summed E-state index contributed by atoms with van der Waals surface area (Å²) in [5.41, 5.74) is 4.74. The minimum atomic E-state index is -0.0321. The monoisotopic (exact) mass is 358 g/mol. The van der Waals surface area contributed by atoms with Crippen molar-refractivity contribution in [1.29, 1.82) is 0 Å². The Morgan fingerprint density at radius 2 is 1.33 bits per heavy atom. The lowest BCUT2D eigenvalue weighted by atomic mass is 10.1. The standard InChI is InChI=1S/C24H26N2O/c1-20-9-8-14-21(17-20)15-16-25-24(27)26(18-22-10-4-2-5-11-22)19-23-12-6-3-7-13-23/h2-14,17H,15-16,18-19H2,1H3,(H,25,27). The summed E-state index contributed by atoms with van der Waals surface area (Å²) in [7, 11) is 0. The summed E-state index contributed by atoms with van der Waals surface area (Å²) >= 11 is 0. The third kappa shape index (κ3) is 6.00. The Hall–Kier alpha value is -3.07. The van der Waals surface area contributed by atoms with Crippen molar-refractivity contribution >= 4 is 6.03 Å². The highest BCUT2D eigenvalue weighted by Gasteiger charge is 2.14. The molecule has 27 heavy (non-hydrogen) atoms. The lowest BCUT2D eigenvalue weighted by Gasteiger charge is -2.23. The number of aryl methyl sites for hydroxylation is 1. The maximum absolute atomic E-state index is 12.8. The molecule has 138 valence electrons. The topological polar surface area (TPSA) is 32.3 Å². The third-order valence-electron chi connectivity index (χ3n) is 4.49. The van der Waals surface area contributed by atoms with Crippen LogP contribution in [0.4, 0.5) is 4.79 Å². The normalized spacial score (nSPS) is 10.4. The molecule has 0 aromatic heterocycles. The molecule has 3 aromatic rings. The van der Waals surface area contributed by atoms with Crippen LogP contribution in [-0.2, 0) is 19.5 Å². The Bertz CT molecular complexity index is 805. The van der Waals surface area contributed by atoms with Crippen LogP contribution in [0.1, 0.15) is 22.3 Å². The molecule has 3 nitrogen and oxygen atoms in total. The molecule has 1 N–H and O–H groups in total. The molecule has 0 aliphatic heterocycles. The highest BCUT2D eigenvalue weighted by Crippen LogP contribution is 2.11. The van der Waals surface area contributed by atoms with Crippen molar-refractivity contribution < 1.29 is 4.79 Å². The van der Waals surface area contributed by atoms with E-state index >= 15 is 0 Å². The number of rotatable bonds is 7. The smallest absolute Gasteiger partial charge is 0.318 e. The van der Waals surface area contributed by atoms with Crippen LogP contribution in [0.5, 0.6) is 0 Å². The molecular formula is C24H26N2O. The van der Waals surface area contributed by atoms with Gasteiger partial charge in [-0.1, -0.05) is 90.5 Å². The van der Waals surface area contributed by atoms with E-state index in [1.165, 1.54) is 11.1 Å². The number of amides is 2. The molecule has 0 spiro atoms. The number of urea groups is 1. The molecule has 0 aliphatic rings. The fourth-order valence-corrected chi connectivity index (χ4v) is 3.10. The van der Waals surface area contributed by atoms with E-state index in [2.05, 4.69) is 60.8 Å². The van der Waals surface area contributed by atoms with Gasteiger partial charge in [-0.2, -0.15) is 0 Å². The van der Waals surface area contributed by atoms with Gasteiger partial charge in [-0.05, 0) is 30.0 Å². The Balaban J connectivity index is 1.62. The number of nitrogens with one attached hydrogen (secondary N) is 1. The van der Waals surface area contributed by atoms with Gasteiger partial charge >= 0.3 is 6.03 Å². The van der Waals surface area contributed by atoms with Crippen molar-refractivity contribution in [3.63, 3.8) is 0 Å². The van der Waals surface area contributed by atoms with Crippen molar-refractivity contribution in [3.8, 4) is 0 Å². The van der Waals surface area contributed by atoms with Crippen LogP contribution in [0.25, 0.3) is 0 Å². The summed E-state index contributed by atoms with van der Waals surface area (Å²) in [4.78, 5) is 14.7. The summed E-state index contributed by atoms with van der Waals surface area (Å²) in [6, 6.07) is 28.6. The lowest BCUT2D eigenvalue weighted by Crippen LogP contribution is -2.40. The average Bonchev–Trinajstić information content (AvgIpc) is 2.69. The predicted molar refractivity (Wildman–Crippen MR) is 110 cm³/mol. The van der Waals surface area contributed by atoms with Gasteiger partial charge in [0.05, 0.1) is 0 Å². The van der Waals surface area contributed by atoms with Gasteiger partial charge in [0.2, 0.25) is 0 Å². The maximum atomic E-state index is 12.8. The van der Waals surface area contributed by atoms with Crippen molar-refractivity contribution in [2.75, 3.05) is 6.54 Å². The van der Waals surface area contributed by atoms with Gasteiger partial charge in [0.15, 0.2) is 0 Å². The van der Waals surface area contributed by atoms with E-state index in [0.29, 0.717) is 19.6 Å². The summed E-state index contributed by atoms with van der Waals surface area (Å²) < 4.78 is 0. The van der Waals surface area contributed by atoms with Crippen molar-refractivity contribution in [1.82, 2.24) is 10.2 Å². The number of carbonyl (C=O) groups is 1. The Morgan fingerprint density at radius 3 is 1.89 bits per heavy atom. The van der Waals surface area contributed by atoms with Gasteiger partial charge in [0.25, 0.3) is 0 Å². The first kappa shape index (κ1) is 18.7. The van der Waals surface area contributed by atoms with Gasteiger partial charge in [0, 0.05) is 19.6 Å². The minimum Gasteiger partial charge on any atom is -0.338 e. The fourth-order valence-electron chi connectivity index (χ4n) is 3.10. The molecule has 3 rings (SSSR count). The van der Waals surface area contributed by atoms with Crippen LogP contribution in [0.2, 0.25) is 0 Å². The van der Waals surface area contributed by atoms with Crippen molar-refractivity contribution in [3.05, 3.63) is 107 Å². The third-order valence-corrected chi connectivity index (χ3v) is 4.49. The highest BCUT2D eigenvalue weighted by atomic mass is 16.2. The number of hydrogen-bond acceptors (Lipinski definition) is 1. The van der Waals surface area contributed by atoms with Crippen LogP contribution < -0.4 is 5.32 Å². The quantitative estimate of drug-likeness (QED) is 0.637. The van der Waals surface area contributed by atoms with Gasteiger partial charge in [0.1, 0.15) is 0 Å². The molecule has 0 aliphatic carbocycles. The van der Waals surface area contributed by atoms with E-state index in [0.717, 1.165) is 17.5 Å². The second kappa shape index (κ2) is 9.58. The SMILES string of the molecule is Cc1cccc(CCNC(=O)N(Cc2ccccc2)Cc2ccccc2)c1. The van der Waals surface area contributed by atoms with E-state index in [4.69, 9.17) is 0 Å². The van der Waals surface area contributed by atoms with Crippen LogP contribution in [0, 0.1) is 6.92 Å². The first-order chi connectivity index (χ1) is 13.2. The number of carbonyl (C=O) groups excluding carboxylic acids is 1. The molecule has 0 bridgehead atoms. The summed E-state index contributed by atoms with van der Waals surface area (Å²) in [6.45, 7) is 3.89. The van der Waals surface area contributed by atoms with Gasteiger partial charge in [-0.3, -0.25) is 0 Å². The Morgan fingerprint density at radius 1 is 0.778 bits per heavy atom. The molecular weight excluding hydrogens is 332 g/mol.